The lowest BCUT2D eigenvalue weighted by Gasteiger charge is -2.45. The van der Waals surface area contributed by atoms with Gasteiger partial charge in [0.15, 0.2) is 11.6 Å². The Morgan fingerprint density at radius 3 is 2.42 bits per heavy atom. The summed E-state index contributed by atoms with van der Waals surface area (Å²) in [7, 11) is 1.59. The average molecular weight is 661 g/mol. The van der Waals surface area contributed by atoms with Crippen LogP contribution in [0.2, 0.25) is 0 Å². The number of benzene rings is 2. The number of carbonyl (C=O) groups is 3. The number of cyclic esters (lactones) is 1. The SMILES string of the molecule is C[C@H]1CN(c2nc(Nc3ccc4c(c3)n(C[C@@H]3COC(=O)N3)c(=O)n4C)c(F)cc2C#N)C[C@@H](N2C(=O)c3ccccc3C2=O)C1(F)F. The van der Waals surface area contributed by atoms with Crippen LogP contribution in [0.1, 0.15) is 33.2 Å². The lowest BCUT2D eigenvalue weighted by Crippen LogP contribution is -2.64. The molecule has 48 heavy (non-hydrogen) atoms. The van der Waals surface area contributed by atoms with Crippen LogP contribution in [0.3, 0.4) is 0 Å². The van der Waals surface area contributed by atoms with Crippen LogP contribution in [-0.2, 0) is 18.3 Å². The Morgan fingerprint density at radius 1 is 1.06 bits per heavy atom. The topological polar surface area (TPSA) is 155 Å². The number of nitriles is 1. The molecule has 7 rings (SSSR count). The molecular weight excluding hydrogens is 633 g/mol. The average Bonchev–Trinajstić information content (AvgIpc) is 3.67. The number of rotatable bonds is 6. The maximum Gasteiger partial charge on any atom is 0.407 e. The van der Waals surface area contributed by atoms with E-state index in [1.54, 1.807) is 25.2 Å². The molecule has 246 valence electrons. The van der Waals surface area contributed by atoms with Crippen LogP contribution >= 0.6 is 0 Å². The maximum absolute atomic E-state index is 15.7. The highest BCUT2D eigenvalue weighted by molar-refractivity contribution is 6.21. The predicted octanol–water partition coefficient (Wildman–Crippen LogP) is 3.35. The highest BCUT2D eigenvalue weighted by Crippen LogP contribution is 2.41. The summed E-state index contributed by atoms with van der Waals surface area (Å²) in [5.74, 6) is -7.90. The first kappa shape index (κ1) is 30.8. The Labute approximate surface area is 270 Å². The standard InChI is InChI=1S/C32H27F3N8O5/c1-16-12-41(14-25(32(16,34)35)43-28(44)20-5-3-4-6-21(20)29(43)45)27-17(11-36)9-22(33)26(39-27)37-18-7-8-23-24(10-18)42(31(47)40(23)2)13-19-15-48-30(46)38-19/h3-10,16,19,25H,12-15H2,1-2H3,(H,37,39)(H,38,46)/t16-,19+,25+/m0/s1. The Kier molecular flexibility index (Phi) is 7.15. The quantitative estimate of drug-likeness (QED) is 0.297. The van der Waals surface area contributed by atoms with Crippen LogP contribution in [0.5, 0.6) is 0 Å². The number of alkyl carbamates (subject to hydrolysis) is 1. The summed E-state index contributed by atoms with van der Waals surface area (Å²) in [4.78, 5) is 57.2. The zero-order valence-corrected chi connectivity index (χ0v) is 25.5. The first-order valence-corrected chi connectivity index (χ1v) is 15.0. The second-order valence-corrected chi connectivity index (χ2v) is 12.0. The van der Waals surface area contributed by atoms with E-state index < -0.39 is 54.2 Å². The molecule has 2 aromatic heterocycles. The molecule has 3 atom stereocenters. The van der Waals surface area contributed by atoms with Gasteiger partial charge in [0.2, 0.25) is 0 Å². The van der Waals surface area contributed by atoms with Gasteiger partial charge in [0.05, 0.1) is 40.3 Å². The number of aryl methyl sites for hydroxylation is 1. The van der Waals surface area contributed by atoms with Crippen molar-refractivity contribution in [2.75, 3.05) is 29.9 Å². The second kappa shape index (κ2) is 11.1. The number of halogens is 3. The molecule has 0 spiro atoms. The predicted molar refractivity (Wildman–Crippen MR) is 165 cm³/mol. The van der Waals surface area contributed by atoms with Crippen molar-refractivity contribution in [3.05, 3.63) is 81.5 Å². The monoisotopic (exact) mass is 660 g/mol. The van der Waals surface area contributed by atoms with Gasteiger partial charge in [0, 0.05) is 31.7 Å². The van der Waals surface area contributed by atoms with Gasteiger partial charge in [-0.2, -0.15) is 5.26 Å². The molecule has 4 aromatic rings. The number of fused-ring (bicyclic) bond motifs is 2. The Hall–Kier alpha value is -5.85. The number of aromatic nitrogens is 3. The minimum absolute atomic E-state index is 0.0225. The zero-order chi connectivity index (χ0) is 34.1. The summed E-state index contributed by atoms with van der Waals surface area (Å²) in [6.45, 7) is 0.606. The van der Waals surface area contributed by atoms with E-state index in [0.29, 0.717) is 21.6 Å². The fourth-order valence-corrected chi connectivity index (χ4v) is 6.54. The number of amides is 3. The van der Waals surface area contributed by atoms with Crippen LogP contribution in [0.15, 0.2) is 53.3 Å². The summed E-state index contributed by atoms with van der Waals surface area (Å²) in [5, 5.41) is 15.4. The van der Waals surface area contributed by atoms with Crippen molar-refractivity contribution in [1.82, 2.24) is 24.3 Å². The Bertz CT molecular complexity index is 2110. The van der Waals surface area contributed by atoms with E-state index in [0.717, 1.165) is 6.07 Å². The summed E-state index contributed by atoms with van der Waals surface area (Å²) in [5.41, 5.74) is 0.814. The molecular formula is C32H27F3N8O5. The summed E-state index contributed by atoms with van der Waals surface area (Å²) in [6.07, 6.45) is -0.587. The number of nitrogens with zero attached hydrogens (tertiary/aromatic N) is 6. The molecule has 2 N–H and O–H groups in total. The lowest BCUT2D eigenvalue weighted by molar-refractivity contribution is -0.111. The number of carbonyl (C=O) groups excluding carboxylic acids is 3. The normalized spacial score (nSPS) is 21.7. The van der Waals surface area contributed by atoms with E-state index in [9.17, 15) is 24.4 Å². The summed E-state index contributed by atoms with van der Waals surface area (Å²) >= 11 is 0. The molecule has 16 heteroatoms. The fraction of sp³-hybridized carbons (Fsp3) is 0.312. The first-order chi connectivity index (χ1) is 22.9. The van der Waals surface area contributed by atoms with E-state index in [1.807, 2.05) is 6.07 Å². The van der Waals surface area contributed by atoms with Gasteiger partial charge in [0.1, 0.15) is 24.5 Å². The number of pyridine rings is 1. The van der Waals surface area contributed by atoms with Gasteiger partial charge >= 0.3 is 11.8 Å². The van der Waals surface area contributed by atoms with Crippen LogP contribution in [0.4, 0.5) is 35.3 Å². The Balaban J connectivity index is 1.22. The fourth-order valence-electron chi connectivity index (χ4n) is 6.54. The molecule has 0 aliphatic carbocycles. The van der Waals surface area contributed by atoms with Gasteiger partial charge in [0.25, 0.3) is 17.7 Å². The number of alkyl halides is 2. The number of nitrogens with one attached hydrogen (secondary N) is 2. The maximum atomic E-state index is 15.7. The van der Waals surface area contributed by atoms with Gasteiger partial charge in [-0.05, 0) is 36.4 Å². The first-order valence-electron chi connectivity index (χ1n) is 15.0. The van der Waals surface area contributed by atoms with E-state index in [2.05, 4.69) is 15.6 Å². The van der Waals surface area contributed by atoms with E-state index >= 15 is 13.2 Å². The number of imidazole rings is 1. The lowest BCUT2D eigenvalue weighted by atomic mass is 9.89. The second-order valence-electron chi connectivity index (χ2n) is 12.0. The van der Waals surface area contributed by atoms with E-state index in [1.165, 1.54) is 45.2 Å². The van der Waals surface area contributed by atoms with Crippen LogP contribution in [0.25, 0.3) is 11.0 Å². The highest BCUT2D eigenvalue weighted by Gasteiger charge is 2.57. The molecule has 3 aliphatic heterocycles. The summed E-state index contributed by atoms with van der Waals surface area (Å²) in [6, 6.07) is 11.2. The molecule has 3 amide bonds. The van der Waals surface area contributed by atoms with Crippen molar-refractivity contribution in [1.29, 1.82) is 5.26 Å². The number of ether oxygens (including phenoxy) is 1. The van der Waals surface area contributed by atoms with E-state index in [-0.39, 0.29) is 53.7 Å². The molecule has 13 nitrogen and oxygen atoms in total. The molecule has 2 fully saturated rings. The zero-order valence-electron chi connectivity index (χ0n) is 25.5. The number of piperidine rings is 1. The van der Waals surface area contributed by atoms with Crippen molar-refractivity contribution < 1.29 is 32.3 Å². The third-order valence-electron chi connectivity index (χ3n) is 9.05. The van der Waals surface area contributed by atoms with Gasteiger partial charge in [-0.25, -0.2) is 27.7 Å². The number of imide groups is 1. The van der Waals surface area contributed by atoms with Crippen molar-refractivity contribution in [3.63, 3.8) is 0 Å². The van der Waals surface area contributed by atoms with Gasteiger partial charge in [-0.3, -0.25) is 23.6 Å². The van der Waals surface area contributed by atoms with Crippen LogP contribution in [-0.4, -0.2) is 74.6 Å². The molecule has 0 bridgehead atoms. The van der Waals surface area contributed by atoms with Gasteiger partial charge < -0.3 is 20.3 Å². The van der Waals surface area contributed by atoms with Crippen molar-refractivity contribution in [3.8, 4) is 6.07 Å². The molecule has 3 aliphatic rings. The van der Waals surface area contributed by atoms with Gasteiger partial charge in [-0.1, -0.05) is 19.1 Å². The van der Waals surface area contributed by atoms with Crippen LogP contribution in [0, 0.1) is 23.1 Å². The molecule has 0 saturated carbocycles. The minimum atomic E-state index is -3.48. The number of hydrogen-bond acceptors (Lipinski definition) is 9. The summed E-state index contributed by atoms with van der Waals surface area (Å²) < 4.78 is 54.7. The number of anilines is 3. The minimum Gasteiger partial charge on any atom is -0.447 e. The van der Waals surface area contributed by atoms with Crippen molar-refractivity contribution in [2.24, 2.45) is 13.0 Å². The van der Waals surface area contributed by atoms with Crippen LogP contribution < -0.4 is 21.2 Å². The third-order valence-corrected chi connectivity index (χ3v) is 9.05. The smallest absolute Gasteiger partial charge is 0.407 e. The Morgan fingerprint density at radius 2 is 1.77 bits per heavy atom. The molecule has 0 radical (unpaired) electrons. The highest BCUT2D eigenvalue weighted by atomic mass is 19.3. The molecule has 2 saturated heterocycles. The van der Waals surface area contributed by atoms with Gasteiger partial charge in [-0.15, -0.1) is 0 Å². The molecule has 5 heterocycles. The largest absolute Gasteiger partial charge is 0.447 e. The van der Waals surface area contributed by atoms with E-state index in [4.69, 9.17) is 4.74 Å². The third kappa shape index (κ3) is 4.81. The molecule has 2 aromatic carbocycles. The number of hydrogen-bond donors (Lipinski definition) is 2. The van der Waals surface area contributed by atoms with Crippen molar-refractivity contribution >= 4 is 46.3 Å². The molecule has 0 unspecified atom stereocenters. The van der Waals surface area contributed by atoms with Crippen molar-refractivity contribution in [2.45, 2.75) is 31.5 Å².